The summed E-state index contributed by atoms with van der Waals surface area (Å²) < 4.78 is 18.0. The zero-order chi connectivity index (χ0) is 14.8. The van der Waals surface area contributed by atoms with Crippen molar-refractivity contribution in [2.75, 3.05) is 39.1 Å². The van der Waals surface area contributed by atoms with Gasteiger partial charge in [0.1, 0.15) is 0 Å². The van der Waals surface area contributed by atoms with Crippen LogP contribution in [0.3, 0.4) is 0 Å². The fourth-order valence-corrected chi connectivity index (χ4v) is 2.96. The third-order valence-electron chi connectivity index (χ3n) is 3.16. The van der Waals surface area contributed by atoms with Crippen LogP contribution in [0.25, 0.3) is 11.4 Å². The number of fused-ring (bicyclic) bond motifs is 1. The second kappa shape index (κ2) is 5.72. The van der Waals surface area contributed by atoms with Crippen LogP contribution in [0.1, 0.15) is 0 Å². The number of nitrogens with one attached hydrogen (secondary N) is 1. The first kappa shape index (κ1) is 13.9. The van der Waals surface area contributed by atoms with Gasteiger partial charge in [-0.15, -0.1) is 10.2 Å². The monoisotopic (exact) mass is 308 g/mol. The van der Waals surface area contributed by atoms with Crippen molar-refractivity contribution in [3.63, 3.8) is 0 Å². The molecule has 0 bridgehead atoms. The molecule has 1 aliphatic heterocycles. The minimum Gasteiger partial charge on any atom is -0.493 e. The summed E-state index contributed by atoms with van der Waals surface area (Å²) in [4.78, 5) is 0. The Morgan fingerprint density at radius 2 is 1.81 bits per heavy atom. The van der Waals surface area contributed by atoms with Crippen molar-refractivity contribution in [3.05, 3.63) is 12.1 Å². The third kappa shape index (κ3) is 2.35. The van der Waals surface area contributed by atoms with E-state index in [9.17, 15) is 0 Å². The topological polar surface area (TPSA) is 70.4 Å². The summed E-state index contributed by atoms with van der Waals surface area (Å²) in [6.07, 6.45) is 0. The molecule has 2 heterocycles. The van der Waals surface area contributed by atoms with Gasteiger partial charge in [0.25, 0.3) is 0 Å². The SMILES string of the molecule is COc1cc(-c2nnc3n2NCCS3)cc(OC)c1OC. The molecule has 0 aliphatic carbocycles. The van der Waals surface area contributed by atoms with Crippen LogP contribution in [0.5, 0.6) is 17.2 Å². The van der Waals surface area contributed by atoms with Crippen LogP contribution in [0, 0.1) is 0 Å². The number of nitrogens with zero attached hydrogens (tertiary/aromatic N) is 3. The van der Waals surface area contributed by atoms with Gasteiger partial charge >= 0.3 is 0 Å². The third-order valence-corrected chi connectivity index (χ3v) is 4.09. The Kier molecular flexibility index (Phi) is 3.78. The van der Waals surface area contributed by atoms with Gasteiger partial charge < -0.3 is 19.6 Å². The highest BCUT2D eigenvalue weighted by Gasteiger charge is 2.21. The summed E-state index contributed by atoms with van der Waals surface area (Å²) in [7, 11) is 4.76. The van der Waals surface area contributed by atoms with Gasteiger partial charge in [-0.3, -0.25) is 0 Å². The number of hydrogen-bond donors (Lipinski definition) is 1. The lowest BCUT2D eigenvalue weighted by Gasteiger charge is -2.18. The summed E-state index contributed by atoms with van der Waals surface area (Å²) in [5.41, 5.74) is 4.12. The number of methoxy groups -OCH3 is 3. The summed E-state index contributed by atoms with van der Waals surface area (Å²) in [5, 5.41) is 9.29. The molecule has 0 unspecified atom stereocenters. The van der Waals surface area contributed by atoms with Crippen molar-refractivity contribution < 1.29 is 14.2 Å². The van der Waals surface area contributed by atoms with Gasteiger partial charge in [-0.05, 0) is 12.1 Å². The molecule has 2 aromatic rings. The van der Waals surface area contributed by atoms with E-state index in [1.807, 2.05) is 16.8 Å². The molecule has 0 fully saturated rings. The number of rotatable bonds is 4. The summed E-state index contributed by atoms with van der Waals surface area (Å²) >= 11 is 1.67. The maximum atomic E-state index is 5.37. The second-order valence-corrected chi connectivity index (χ2v) is 5.37. The molecule has 112 valence electrons. The van der Waals surface area contributed by atoms with E-state index in [1.165, 1.54) is 0 Å². The number of aromatic nitrogens is 3. The molecule has 0 atom stereocenters. The Bertz CT molecular complexity index is 634. The van der Waals surface area contributed by atoms with Crippen molar-refractivity contribution in [1.29, 1.82) is 0 Å². The van der Waals surface area contributed by atoms with Crippen molar-refractivity contribution in [2.45, 2.75) is 5.16 Å². The maximum absolute atomic E-state index is 5.37. The molecule has 0 saturated carbocycles. The van der Waals surface area contributed by atoms with Gasteiger partial charge in [0.05, 0.1) is 21.3 Å². The number of hydrogen-bond acceptors (Lipinski definition) is 7. The second-order valence-electron chi connectivity index (χ2n) is 4.31. The molecule has 0 radical (unpaired) electrons. The van der Waals surface area contributed by atoms with Crippen molar-refractivity contribution in [2.24, 2.45) is 0 Å². The fraction of sp³-hybridized carbons (Fsp3) is 0.385. The first-order valence-electron chi connectivity index (χ1n) is 6.41. The zero-order valence-corrected chi connectivity index (χ0v) is 12.9. The van der Waals surface area contributed by atoms with Gasteiger partial charge in [0.2, 0.25) is 10.9 Å². The Morgan fingerprint density at radius 3 is 2.43 bits per heavy atom. The van der Waals surface area contributed by atoms with Gasteiger partial charge in [0, 0.05) is 17.9 Å². The van der Waals surface area contributed by atoms with E-state index < -0.39 is 0 Å². The fourth-order valence-electron chi connectivity index (χ4n) is 2.20. The molecule has 1 aromatic heterocycles. The Balaban J connectivity index is 2.12. The van der Waals surface area contributed by atoms with Crippen LogP contribution in [-0.2, 0) is 0 Å². The van der Waals surface area contributed by atoms with E-state index in [4.69, 9.17) is 14.2 Å². The Labute approximate surface area is 126 Å². The quantitative estimate of drug-likeness (QED) is 0.920. The highest BCUT2D eigenvalue weighted by Crippen LogP contribution is 2.41. The molecule has 0 amide bonds. The Hall–Kier alpha value is -2.09. The molecule has 1 aliphatic rings. The molecule has 8 heteroatoms. The Morgan fingerprint density at radius 1 is 1.10 bits per heavy atom. The molecule has 1 N–H and O–H groups in total. The molecule has 7 nitrogen and oxygen atoms in total. The van der Waals surface area contributed by atoms with Gasteiger partial charge in [-0.25, -0.2) is 4.68 Å². The number of benzene rings is 1. The van der Waals surface area contributed by atoms with Crippen LogP contribution >= 0.6 is 11.8 Å². The van der Waals surface area contributed by atoms with Gasteiger partial charge in [-0.2, -0.15) is 0 Å². The highest BCUT2D eigenvalue weighted by molar-refractivity contribution is 7.99. The van der Waals surface area contributed by atoms with Crippen molar-refractivity contribution in [3.8, 4) is 28.6 Å². The molecule has 1 aromatic carbocycles. The molecule has 0 saturated heterocycles. The minimum absolute atomic E-state index is 0.560. The van der Waals surface area contributed by atoms with E-state index >= 15 is 0 Å². The van der Waals surface area contributed by atoms with Gasteiger partial charge in [0.15, 0.2) is 17.3 Å². The normalized spacial score (nSPS) is 13.3. The molecule has 21 heavy (non-hydrogen) atoms. The first-order valence-corrected chi connectivity index (χ1v) is 7.39. The van der Waals surface area contributed by atoms with E-state index in [1.54, 1.807) is 33.1 Å². The molecular weight excluding hydrogens is 292 g/mol. The smallest absolute Gasteiger partial charge is 0.210 e. The van der Waals surface area contributed by atoms with E-state index in [2.05, 4.69) is 15.6 Å². The van der Waals surface area contributed by atoms with Crippen molar-refractivity contribution >= 4 is 11.8 Å². The zero-order valence-electron chi connectivity index (χ0n) is 12.0. The lowest BCUT2D eigenvalue weighted by Crippen LogP contribution is -2.23. The average molecular weight is 308 g/mol. The summed E-state index contributed by atoms with van der Waals surface area (Å²) in [6.45, 7) is 0.868. The lowest BCUT2D eigenvalue weighted by molar-refractivity contribution is 0.324. The van der Waals surface area contributed by atoms with E-state index in [0.717, 1.165) is 28.8 Å². The largest absolute Gasteiger partial charge is 0.493 e. The van der Waals surface area contributed by atoms with E-state index in [-0.39, 0.29) is 0 Å². The highest BCUT2D eigenvalue weighted by atomic mass is 32.2. The first-order chi connectivity index (χ1) is 10.3. The minimum atomic E-state index is 0.560. The van der Waals surface area contributed by atoms with Crippen LogP contribution < -0.4 is 19.6 Å². The van der Waals surface area contributed by atoms with E-state index in [0.29, 0.717) is 17.2 Å². The number of thioether (sulfide) groups is 1. The summed E-state index contributed by atoms with van der Waals surface area (Å²) in [5.74, 6) is 3.44. The molecule has 3 rings (SSSR count). The van der Waals surface area contributed by atoms with Crippen LogP contribution in [0.4, 0.5) is 0 Å². The lowest BCUT2D eigenvalue weighted by atomic mass is 10.1. The van der Waals surface area contributed by atoms with Crippen LogP contribution in [0.2, 0.25) is 0 Å². The van der Waals surface area contributed by atoms with Crippen LogP contribution in [-0.4, -0.2) is 48.5 Å². The maximum Gasteiger partial charge on any atom is 0.210 e. The molecular formula is C13H16N4O3S. The molecule has 0 spiro atoms. The predicted octanol–water partition coefficient (Wildman–Crippen LogP) is 1.62. The summed E-state index contributed by atoms with van der Waals surface area (Å²) in [6, 6.07) is 3.72. The van der Waals surface area contributed by atoms with Crippen molar-refractivity contribution in [1.82, 2.24) is 14.9 Å². The average Bonchev–Trinajstić information content (AvgIpc) is 2.97. The standard InChI is InChI=1S/C13H16N4O3S/c1-18-9-6-8(7-10(19-2)11(9)20-3)12-15-16-13-17(12)14-4-5-21-13/h6-7,14H,4-5H2,1-3H3. The van der Waals surface area contributed by atoms with Gasteiger partial charge in [-0.1, -0.05) is 11.8 Å². The van der Waals surface area contributed by atoms with Crippen LogP contribution in [0.15, 0.2) is 17.3 Å². The predicted molar refractivity (Wildman–Crippen MR) is 80.1 cm³/mol. The number of ether oxygens (including phenoxy) is 3.